The molecule has 0 saturated carbocycles. The smallest absolute Gasteiger partial charge is 0.338 e. The van der Waals surface area contributed by atoms with Crippen LogP contribution in [0.25, 0.3) is 0 Å². The van der Waals surface area contributed by atoms with Gasteiger partial charge in [-0.3, -0.25) is 0 Å². The monoisotopic (exact) mass is 216 g/mol. The molecule has 1 saturated heterocycles. The van der Waals surface area contributed by atoms with Gasteiger partial charge in [-0.2, -0.15) is 0 Å². The summed E-state index contributed by atoms with van der Waals surface area (Å²) < 4.78 is 10.5. The fourth-order valence-electron chi connectivity index (χ4n) is 1.73. The van der Waals surface area contributed by atoms with E-state index in [2.05, 4.69) is 0 Å². The van der Waals surface area contributed by atoms with E-state index in [0.717, 1.165) is 0 Å². The Kier molecular flexibility index (Phi) is 3.29. The highest BCUT2D eigenvalue weighted by molar-refractivity contribution is 6.11. The Bertz CT molecular complexity index is 356. The SMILES string of the molecule is [B][C@@H]1OC[C@H](C)[C@H]1OC(=O)c1ccccc1. The number of rotatable bonds is 2. The molecule has 0 aromatic heterocycles. The van der Waals surface area contributed by atoms with Crippen molar-refractivity contribution in [3.8, 4) is 0 Å². The van der Waals surface area contributed by atoms with Crippen molar-refractivity contribution in [2.24, 2.45) is 5.92 Å². The standard InChI is InChI=1S/C12H13BO3/c1-8-7-15-11(13)10(8)16-12(14)9-5-3-2-4-6-9/h2-6,8,10-11H,7H2,1H3/t8-,10+,11+/m0/s1. The van der Waals surface area contributed by atoms with Crippen molar-refractivity contribution in [2.45, 2.75) is 19.0 Å². The third-order valence-corrected chi connectivity index (χ3v) is 2.69. The van der Waals surface area contributed by atoms with E-state index < -0.39 is 6.00 Å². The summed E-state index contributed by atoms with van der Waals surface area (Å²) in [7, 11) is 5.70. The number of esters is 1. The molecule has 1 aliphatic rings. The minimum atomic E-state index is -0.511. The molecule has 3 nitrogen and oxygen atoms in total. The minimum Gasteiger partial charge on any atom is -0.457 e. The summed E-state index contributed by atoms with van der Waals surface area (Å²) >= 11 is 0. The van der Waals surface area contributed by atoms with E-state index >= 15 is 0 Å². The Morgan fingerprint density at radius 3 is 2.69 bits per heavy atom. The van der Waals surface area contributed by atoms with Gasteiger partial charge >= 0.3 is 5.97 Å². The number of carbonyl (C=O) groups excluding carboxylic acids is 1. The maximum atomic E-state index is 11.8. The molecule has 0 aliphatic carbocycles. The fourth-order valence-corrected chi connectivity index (χ4v) is 1.73. The molecule has 2 radical (unpaired) electrons. The third kappa shape index (κ3) is 2.27. The molecule has 1 aliphatic heterocycles. The second-order valence-electron chi connectivity index (χ2n) is 4.01. The van der Waals surface area contributed by atoms with Crippen LogP contribution in [-0.2, 0) is 9.47 Å². The summed E-state index contributed by atoms with van der Waals surface area (Å²) in [6.45, 7) is 2.49. The van der Waals surface area contributed by atoms with Crippen molar-refractivity contribution in [3.05, 3.63) is 35.9 Å². The number of ether oxygens (including phenoxy) is 2. The zero-order chi connectivity index (χ0) is 11.5. The Balaban J connectivity index is 2.02. The molecule has 1 aromatic carbocycles. The van der Waals surface area contributed by atoms with E-state index in [0.29, 0.717) is 12.2 Å². The second kappa shape index (κ2) is 4.70. The quantitative estimate of drug-likeness (QED) is 0.553. The maximum absolute atomic E-state index is 11.8. The van der Waals surface area contributed by atoms with Crippen LogP contribution in [0.15, 0.2) is 30.3 Å². The van der Waals surface area contributed by atoms with E-state index in [4.69, 9.17) is 17.3 Å². The van der Waals surface area contributed by atoms with Crippen LogP contribution in [-0.4, -0.2) is 32.5 Å². The maximum Gasteiger partial charge on any atom is 0.338 e. The van der Waals surface area contributed by atoms with Crippen molar-refractivity contribution in [3.63, 3.8) is 0 Å². The second-order valence-corrected chi connectivity index (χ2v) is 4.01. The zero-order valence-electron chi connectivity index (χ0n) is 9.13. The molecule has 2 rings (SSSR count). The van der Waals surface area contributed by atoms with Crippen LogP contribution in [0.5, 0.6) is 0 Å². The minimum absolute atomic E-state index is 0.141. The molecule has 0 spiro atoms. The molecule has 1 fully saturated rings. The molecule has 4 heteroatoms. The van der Waals surface area contributed by atoms with Gasteiger partial charge in [-0.25, -0.2) is 4.79 Å². The normalized spacial score (nSPS) is 28.9. The van der Waals surface area contributed by atoms with Gasteiger partial charge in [0, 0.05) is 5.92 Å². The van der Waals surface area contributed by atoms with Gasteiger partial charge in [-0.15, -0.1) is 0 Å². The van der Waals surface area contributed by atoms with Gasteiger partial charge in [0.25, 0.3) is 0 Å². The molecule has 3 atom stereocenters. The summed E-state index contributed by atoms with van der Waals surface area (Å²) in [4.78, 5) is 11.8. The van der Waals surface area contributed by atoms with Crippen molar-refractivity contribution < 1.29 is 14.3 Å². The Hall–Kier alpha value is -1.29. The molecular weight excluding hydrogens is 203 g/mol. The Morgan fingerprint density at radius 2 is 2.12 bits per heavy atom. The third-order valence-electron chi connectivity index (χ3n) is 2.69. The largest absolute Gasteiger partial charge is 0.457 e. The average Bonchev–Trinajstić information content (AvgIpc) is 2.62. The predicted molar refractivity (Wildman–Crippen MR) is 60.3 cm³/mol. The van der Waals surface area contributed by atoms with Gasteiger partial charge < -0.3 is 9.47 Å². The van der Waals surface area contributed by atoms with Crippen molar-refractivity contribution >= 4 is 13.8 Å². The van der Waals surface area contributed by atoms with Crippen molar-refractivity contribution in [1.29, 1.82) is 0 Å². The molecule has 1 aromatic rings. The van der Waals surface area contributed by atoms with E-state index in [1.165, 1.54) is 0 Å². The average molecular weight is 216 g/mol. The van der Waals surface area contributed by atoms with Gasteiger partial charge in [-0.1, -0.05) is 25.1 Å². The topological polar surface area (TPSA) is 35.5 Å². The van der Waals surface area contributed by atoms with Crippen LogP contribution >= 0.6 is 0 Å². The highest BCUT2D eigenvalue weighted by Gasteiger charge is 2.34. The van der Waals surface area contributed by atoms with E-state index in [1.54, 1.807) is 24.3 Å². The van der Waals surface area contributed by atoms with Crippen LogP contribution < -0.4 is 0 Å². The molecule has 82 valence electrons. The lowest BCUT2D eigenvalue weighted by atomic mass is 9.90. The lowest BCUT2D eigenvalue weighted by molar-refractivity contribution is 0.0146. The van der Waals surface area contributed by atoms with Crippen molar-refractivity contribution in [1.82, 2.24) is 0 Å². The van der Waals surface area contributed by atoms with E-state index in [-0.39, 0.29) is 18.0 Å². The van der Waals surface area contributed by atoms with Crippen LogP contribution in [0.2, 0.25) is 0 Å². The number of hydrogen-bond acceptors (Lipinski definition) is 3. The highest BCUT2D eigenvalue weighted by Crippen LogP contribution is 2.22. The summed E-state index contributed by atoms with van der Waals surface area (Å²) in [6, 6.07) is 8.37. The summed E-state index contributed by atoms with van der Waals surface area (Å²) in [6.07, 6.45) is -0.354. The van der Waals surface area contributed by atoms with Crippen LogP contribution in [0.3, 0.4) is 0 Å². The predicted octanol–water partition coefficient (Wildman–Crippen LogP) is 1.37. The first-order valence-electron chi connectivity index (χ1n) is 5.31. The first kappa shape index (κ1) is 11.2. The fraction of sp³-hybridized carbons (Fsp3) is 0.417. The van der Waals surface area contributed by atoms with Crippen LogP contribution in [0.4, 0.5) is 0 Å². The van der Waals surface area contributed by atoms with Crippen molar-refractivity contribution in [2.75, 3.05) is 6.61 Å². The van der Waals surface area contributed by atoms with Gasteiger partial charge in [0.2, 0.25) is 0 Å². The Morgan fingerprint density at radius 1 is 1.44 bits per heavy atom. The van der Waals surface area contributed by atoms with Crippen LogP contribution in [0, 0.1) is 5.92 Å². The molecular formula is C12H13BO3. The zero-order valence-corrected chi connectivity index (χ0v) is 9.13. The van der Waals surface area contributed by atoms with E-state index in [9.17, 15) is 4.79 Å². The van der Waals surface area contributed by atoms with Gasteiger partial charge in [0.1, 0.15) is 14.0 Å². The Labute approximate surface area is 96.2 Å². The molecule has 1 heterocycles. The number of carbonyl (C=O) groups is 1. The molecule has 0 unspecified atom stereocenters. The summed E-state index contributed by atoms with van der Waals surface area (Å²) in [5.41, 5.74) is 0.536. The molecule has 16 heavy (non-hydrogen) atoms. The highest BCUT2D eigenvalue weighted by atomic mass is 16.6. The molecule has 0 amide bonds. The first-order chi connectivity index (χ1) is 7.68. The first-order valence-corrected chi connectivity index (χ1v) is 5.31. The van der Waals surface area contributed by atoms with Crippen LogP contribution in [0.1, 0.15) is 17.3 Å². The summed E-state index contributed by atoms with van der Waals surface area (Å²) in [5, 5.41) is 0. The van der Waals surface area contributed by atoms with Gasteiger partial charge in [-0.05, 0) is 12.1 Å². The molecule has 0 bridgehead atoms. The number of hydrogen-bond donors (Lipinski definition) is 0. The lowest BCUT2D eigenvalue weighted by Crippen LogP contribution is -2.31. The van der Waals surface area contributed by atoms with Gasteiger partial charge in [0.15, 0.2) is 0 Å². The van der Waals surface area contributed by atoms with E-state index in [1.807, 2.05) is 13.0 Å². The summed E-state index contributed by atoms with van der Waals surface area (Å²) in [5.74, 6) is -0.207. The number of benzene rings is 1. The lowest BCUT2D eigenvalue weighted by Gasteiger charge is -2.18. The molecule has 0 N–H and O–H groups in total. The van der Waals surface area contributed by atoms with Gasteiger partial charge in [0.05, 0.1) is 18.2 Å².